The molecule has 0 spiro atoms. The van der Waals surface area contributed by atoms with E-state index in [4.69, 9.17) is 11.6 Å². The van der Waals surface area contributed by atoms with Gasteiger partial charge in [0.15, 0.2) is 0 Å². The summed E-state index contributed by atoms with van der Waals surface area (Å²) in [7, 11) is 0. The zero-order valence-corrected chi connectivity index (χ0v) is 12.0. The number of amides is 1. The molecule has 2 nitrogen and oxygen atoms in total. The van der Waals surface area contributed by atoms with Gasteiger partial charge in [-0.1, -0.05) is 39.7 Å². The number of hydrogen-bond acceptors (Lipinski definition) is 1. The molecule has 0 saturated carbocycles. The number of aryl methyl sites for hydroxylation is 1. The largest absolute Gasteiger partial charge is 0.322 e. The van der Waals surface area contributed by atoms with Crippen LogP contribution in [0.1, 0.15) is 15.9 Å². The monoisotopic (exact) mass is 323 g/mol. The van der Waals surface area contributed by atoms with E-state index in [2.05, 4.69) is 21.2 Å². The number of carbonyl (C=O) groups excluding carboxylic acids is 1. The number of anilines is 1. The Morgan fingerprint density at radius 3 is 2.61 bits per heavy atom. The maximum atomic E-state index is 12.0. The number of halogens is 2. The van der Waals surface area contributed by atoms with Gasteiger partial charge in [-0.15, -0.1) is 0 Å². The molecular weight excluding hydrogens is 314 g/mol. The minimum absolute atomic E-state index is 0.210. The quantitative estimate of drug-likeness (QED) is 0.855. The Bertz CT molecular complexity index is 578. The topological polar surface area (TPSA) is 29.1 Å². The van der Waals surface area contributed by atoms with Gasteiger partial charge in [-0.2, -0.15) is 0 Å². The zero-order chi connectivity index (χ0) is 13.1. The van der Waals surface area contributed by atoms with Crippen LogP contribution in [0.5, 0.6) is 0 Å². The van der Waals surface area contributed by atoms with E-state index in [9.17, 15) is 4.79 Å². The summed E-state index contributed by atoms with van der Waals surface area (Å²) in [6.45, 7) is 1.97. The fraction of sp³-hybridized carbons (Fsp3) is 0.0714. The van der Waals surface area contributed by atoms with Crippen LogP contribution in [0.15, 0.2) is 46.9 Å². The number of hydrogen-bond donors (Lipinski definition) is 1. The third-order valence-corrected chi connectivity index (χ3v) is 3.21. The fourth-order valence-corrected chi connectivity index (χ4v) is 2.48. The second kappa shape index (κ2) is 5.55. The molecule has 1 N–H and O–H groups in total. The number of rotatable bonds is 2. The fourth-order valence-electron chi connectivity index (χ4n) is 1.65. The highest BCUT2D eigenvalue weighted by atomic mass is 79.9. The molecular formula is C14H11BrClNO. The van der Waals surface area contributed by atoms with Crippen molar-refractivity contribution in [1.82, 2.24) is 0 Å². The van der Waals surface area contributed by atoms with Crippen LogP contribution in [-0.2, 0) is 0 Å². The summed E-state index contributed by atoms with van der Waals surface area (Å²) >= 11 is 9.37. The van der Waals surface area contributed by atoms with Crippen LogP contribution in [0.3, 0.4) is 0 Å². The van der Waals surface area contributed by atoms with Crippen LogP contribution in [0.4, 0.5) is 5.69 Å². The highest BCUT2D eigenvalue weighted by Gasteiger charge is 2.09. The van der Waals surface area contributed by atoms with Crippen molar-refractivity contribution < 1.29 is 4.79 Å². The molecule has 92 valence electrons. The van der Waals surface area contributed by atoms with Crippen LogP contribution in [-0.4, -0.2) is 5.91 Å². The highest BCUT2D eigenvalue weighted by Crippen LogP contribution is 2.21. The first kappa shape index (κ1) is 13.1. The molecule has 0 saturated heterocycles. The average molecular weight is 325 g/mol. The van der Waals surface area contributed by atoms with Gasteiger partial charge in [0, 0.05) is 10.2 Å². The Labute approximate surface area is 119 Å². The Kier molecular flexibility index (Phi) is 4.04. The van der Waals surface area contributed by atoms with Crippen molar-refractivity contribution in [3.05, 3.63) is 63.1 Å². The lowest BCUT2D eigenvalue weighted by Gasteiger charge is -2.08. The second-order valence-electron chi connectivity index (χ2n) is 3.95. The predicted molar refractivity (Wildman–Crippen MR) is 78.3 cm³/mol. The highest BCUT2D eigenvalue weighted by molar-refractivity contribution is 9.10. The lowest BCUT2D eigenvalue weighted by atomic mass is 10.2. The molecule has 0 heterocycles. The maximum absolute atomic E-state index is 12.0. The van der Waals surface area contributed by atoms with Crippen molar-refractivity contribution in [2.75, 3.05) is 5.32 Å². The van der Waals surface area contributed by atoms with Gasteiger partial charge in [0.25, 0.3) is 5.91 Å². The molecule has 0 aliphatic carbocycles. The molecule has 0 bridgehead atoms. The van der Waals surface area contributed by atoms with Crippen molar-refractivity contribution in [2.45, 2.75) is 6.92 Å². The van der Waals surface area contributed by atoms with E-state index < -0.39 is 0 Å². The normalized spacial score (nSPS) is 10.2. The predicted octanol–water partition coefficient (Wildman–Crippen LogP) is 4.66. The molecule has 0 radical (unpaired) electrons. The van der Waals surface area contributed by atoms with Gasteiger partial charge in [-0.05, 0) is 42.8 Å². The standard InChI is InChI=1S/C14H11BrClNO/c1-9-6-10(15)8-11(7-9)17-14(18)12-4-2-3-5-13(12)16/h2-8H,1H3,(H,17,18). The Morgan fingerprint density at radius 1 is 1.22 bits per heavy atom. The van der Waals surface area contributed by atoms with Crippen molar-refractivity contribution >= 4 is 39.1 Å². The molecule has 4 heteroatoms. The lowest BCUT2D eigenvalue weighted by molar-refractivity contribution is 0.102. The minimum atomic E-state index is -0.210. The van der Waals surface area contributed by atoms with Crippen molar-refractivity contribution in [2.24, 2.45) is 0 Å². The van der Waals surface area contributed by atoms with Gasteiger partial charge < -0.3 is 5.32 Å². The lowest BCUT2D eigenvalue weighted by Crippen LogP contribution is -2.12. The molecule has 0 aliphatic rings. The SMILES string of the molecule is Cc1cc(Br)cc(NC(=O)c2ccccc2Cl)c1. The van der Waals surface area contributed by atoms with Crippen LogP contribution in [0.25, 0.3) is 0 Å². The molecule has 2 aromatic rings. The van der Waals surface area contributed by atoms with Gasteiger partial charge in [0.2, 0.25) is 0 Å². The zero-order valence-electron chi connectivity index (χ0n) is 9.71. The van der Waals surface area contributed by atoms with Crippen LogP contribution < -0.4 is 5.32 Å². The summed E-state index contributed by atoms with van der Waals surface area (Å²) in [6, 6.07) is 12.7. The Hall–Kier alpha value is -1.32. The van der Waals surface area contributed by atoms with Crippen LogP contribution in [0, 0.1) is 6.92 Å². The van der Waals surface area contributed by atoms with Crippen LogP contribution in [0.2, 0.25) is 5.02 Å². The first-order valence-electron chi connectivity index (χ1n) is 5.39. The van der Waals surface area contributed by atoms with Gasteiger partial charge in [0.05, 0.1) is 10.6 Å². The summed E-state index contributed by atoms with van der Waals surface area (Å²) in [5.74, 6) is -0.210. The summed E-state index contributed by atoms with van der Waals surface area (Å²) in [5, 5.41) is 3.27. The second-order valence-corrected chi connectivity index (χ2v) is 5.27. The smallest absolute Gasteiger partial charge is 0.257 e. The molecule has 0 atom stereocenters. The summed E-state index contributed by atoms with van der Waals surface area (Å²) in [5.41, 5.74) is 2.28. The number of benzene rings is 2. The van der Waals surface area contributed by atoms with Gasteiger partial charge in [-0.3, -0.25) is 4.79 Å². The number of nitrogens with one attached hydrogen (secondary N) is 1. The molecule has 0 unspecified atom stereocenters. The van der Waals surface area contributed by atoms with Crippen molar-refractivity contribution in [1.29, 1.82) is 0 Å². The summed E-state index contributed by atoms with van der Waals surface area (Å²) in [6.07, 6.45) is 0. The molecule has 0 aliphatic heterocycles. The molecule has 2 rings (SSSR count). The first-order valence-corrected chi connectivity index (χ1v) is 6.56. The van der Waals surface area contributed by atoms with E-state index in [-0.39, 0.29) is 5.91 Å². The van der Waals surface area contributed by atoms with Gasteiger partial charge >= 0.3 is 0 Å². The van der Waals surface area contributed by atoms with E-state index in [1.807, 2.05) is 25.1 Å². The maximum Gasteiger partial charge on any atom is 0.257 e. The number of carbonyl (C=O) groups is 1. The Morgan fingerprint density at radius 2 is 1.94 bits per heavy atom. The van der Waals surface area contributed by atoms with Crippen LogP contribution >= 0.6 is 27.5 Å². The van der Waals surface area contributed by atoms with E-state index >= 15 is 0 Å². The molecule has 0 fully saturated rings. The van der Waals surface area contributed by atoms with Crippen molar-refractivity contribution in [3.63, 3.8) is 0 Å². The molecule has 2 aromatic carbocycles. The first-order chi connectivity index (χ1) is 8.56. The third-order valence-electron chi connectivity index (χ3n) is 2.42. The molecule has 1 amide bonds. The molecule has 18 heavy (non-hydrogen) atoms. The van der Waals surface area contributed by atoms with E-state index in [0.29, 0.717) is 10.6 Å². The summed E-state index contributed by atoms with van der Waals surface area (Å²) in [4.78, 5) is 12.0. The van der Waals surface area contributed by atoms with Crippen molar-refractivity contribution in [3.8, 4) is 0 Å². The van der Waals surface area contributed by atoms with Gasteiger partial charge in [0.1, 0.15) is 0 Å². The van der Waals surface area contributed by atoms with E-state index in [1.165, 1.54) is 0 Å². The van der Waals surface area contributed by atoms with E-state index in [0.717, 1.165) is 15.7 Å². The summed E-state index contributed by atoms with van der Waals surface area (Å²) < 4.78 is 0.928. The minimum Gasteiger partial charge on any atom is -0.322 e. The molecule has 0 aromatic heterocycles. The third kappa shape index (κ3) is 3.12. The van der Waals surface area contributed by atoms with E-state index in [1.54, 1.807) is 24.3 Å². The average Bonchev–Trinajstić information content (AvgIpc) is 2.27. The Balaban J connectivity index is 2.24. The van der Waals surface area contributed by atoms with Gasteiger partial charge in [-0.25, -0.2) is 0 Å².